The zero-order valence-electron chi connectivity index (χ0n) is 18.2. The fraction of sp³-hybridized carbons (Fsp3) is 0.737. The molecule has 0 radical (unpaired) electrons. The Labute approximate surface area is 181 Å². The Bertz CT molecular complexity index is 641. The first-order chi connectivity index (χ1) is 14.4. The van der Waals surface area contributed by atoms with Gasteiger partial charge in [-0.25, -0.2) is 4.79 Å². The number of carboxylic acid groups (broad SMARTS) is 2. The maximum absolute atomic E-state index is 12.6. The van der Waals surface area contributed by atoms with Gasteiger partial charge in [-0.1, -0.05) is 13.8 Å². The van der Waals surface area contributed by atoms with Crippen LogP contribution in [0.3, 0.4) is 0 Å². The van der Waals surface area contributed by atoms with Crippen molar-refractivity contribution in [2.24, 2.45) is 17.4 Å². The minimum atomic E-state index is -1.22. The third-order valence-corrected chi connectivity index (χ3v) is 4.61. The molecule has 4 atom stereocenters. The van der Waals surface area contributed by atoms with Gasteiger partial charge in [-0.15, -0.1) is 0 Å². The molecule has 9 N–H and O–H groups in total. The van der Waals surface area contributed by atoms with Gasteiger partial charge in [0, 0.05) is 6.42 Å². The molecule has 3 amide bonds. The summed E-state index contributed by atoms with van der Waals surface area (Å²) < 4.78 is 0. The van der Waals surface area contributed by atoms with Gasteiger partial charge in [0.15, 0.2) is 0 Å². The Morgan fingerprint density at radius 3 is 1.87 bits per heavy atom. The first kappa shape index (κ1) is 28.3. The summed E-state index contributed by atoms with van der Waals surface area (Å²) in [6, 6.07) is -4.37. The number of rotatable bonds is 15. The summed E-state index contributed by atoms with van der Waals surface area (Å²) in [6.07, 6.45) is 0.702. The zero-order chi connectivity index (χ0) is 24.1. The molecule has 12 heteroatoms. The van der Waals surface area contributed by atoms with Gasteiger partial charge in [0.25, 0.3) is 0 Å². The molecule has 0 fully saturated rings. The highest BCUT2D eigenvalue weighted by atomic mass is 16.4. The number of unbranched alkanes of at least 4 members (excludes halogenated alkanes) is 1. The SMILES string of the molecule is CC(NC(=O)C(CCC(=O)O)NC(=O)C(N)C(C)C)C(=O)NC(CCCCN)C(=O)O. The topological polar surface area (TPSA) is 214 Å². The summed E-state index contributed by atoms with van der Waals surface area (Å²) in [5.41, 5.74) is 11.1. The molecule has 0 bridgehead atoms. The van der Waals surface area contributed by atoms with E-state index in [9.17, 15) is 29.1 Å². The van der Waals surface area contributed by atoms with Crippen molar-refractivity contribution in [3.8, 4) is 0 Å². The first-order valence-corrected chi connectivity index (χ1v) is 10.2. The zero-order valence-corrected chi connectivity index (χ0v) is 18.2. The highest BCUT2D eigenvalue weighted by molar-refractivity contribution is 5.94. The van der Waals surface area contributed by atoms with Crippen LogP contribution in [-0.4, -0.2) is 70.6 Å². The van der Waals surface area contributed by atoms with Crippen LogP contribution in [0.4, 0.5) is 0 Å². The molecule has 31 heavy (non-hydrogen) atoms. The minimum absolute atomic E-state index is 0.184. The number of hydrogen-bond acceptors (Lipinski definition) is 7. The van der Waals surface area contributed by atoms with Crippen molar-refractivity contribution in [3.05, 3.63) is 0 Å². The predicted molar refractivity (Wildman–Crippen MR) is 112 cm³/mol. The monoisotopic (exact) mass is 445 g/mol. The van der Waals surface area contributed by atoms with Crippen molar-refractivity contribution >= 4 is 29.7 Å². The molecule has 0 aliphatic carbocycles. The van der Waals surface area contributed by atoms with Crippen LogP contribution < -0.4 is 27.4 Å². The summed E-state index contributed by atoms with van der Waals surface area (Å²) in [5, 5.41) is 25.3. The largest absolute Gasteiger partial charge is 0.481 e. The molecule has 0 spiro atoms. The highest BCUT2D eigenvalue weighted by Crippen LogP contribution is 2.04. The standard InChI is InChI=1S/C19H35N5O7/c1-10(2)15(21)18(29)23-12(7-8-14(25)26)17(28)22-11(3)16(27)24-13(19(30)31)6-4-5-9-20/h10-13,15H,4-9,20-21H2,1-3H3,(H,22,28)(H,23,29)(H,24,27)(H,25,26)(H,30,31). The molecule has 0 aliphatic heterocycles. The summed E-state index contributed by atoms with van der Waals surface area (Å²) >= 11 is 0. The lowest BCUT2D eigenvalue weighted by Crippen LogP contribution is -2.56. The van der Waals surface area contributed by atoms with Crippen LogP contribution >= 0.6 is 0 Å². The van der Waals surface area contributed by atoms with Crippen molar-refractivity contribution in [2.75, 3.05) is 6.54 Å². The third-order valence-electron chi connectivity index (χ3n) is 4.61. The van der Waals surface area contributed by atoms with Crippen molar-refractivity contribution in [1.82, 2.24) is 16.0 Å². The van der Waals surface area contributed by atoms with Gasteiger partial charge in [0.1, 0.15) is 18.1 Å². The predicted octanol–water partition coefficient (Wildman–Crippen LogP) is -1.48. The maximum Gasteiger partial charge on any atom is 0.326 e. The second-order valence-corrected chi connectivity index (χ2v) is 7.68. The van der Waals surface area contributed by atoms with Crippen LogP contribution in [0.25, 0.3) is 0 Å². The van der Waals surface area contributed by atoms with Crippen LogP contribution in [-0.2, 0) is 24.0 Å². The number of carbonyl (C=O) groups excluding carboxylic acids is 3. The molecule has 0 aromatic rings. The molecule has 0 heterocycles. The van der Waals surface area contributed by atoms with Gasteiger partial charge < -0.3 is 37.6 Å². The number of nitrogens with two attached hydrogens (primary N) is 2. The molecule has 0 aromatic carbocycles. The van der Waals surface area contributed by atoms with Crippen LogP contribution in [0.5, 0.6) is 0 Å². The van der Waals surface area contributed by atoms with E-state index in [0.717, 1.165) is 0 Å². The van der Waals surface area contributed by atoms with Gasteiger partial charge in [-0.2, -0.15) is 0 Å². The van der Waals surface area contributed by atoms with E-state index in [1.807, 2.05) is 0 Å². The summed E-state index contributed by atoms with van der Waals surface area (Å²) in [7, 11) is 0. The fourth-order valence-electron chi connectivity index (χ4n) is 2.53. The summed E-state index contributed by atoms with van der Waals surface area (Å²) in [6.45, 7) is 5.18. The Kier molecular flexibility index (Phi) is 13.0. The van der Waals surface area contributed by atoms with Crippen LogP contribution in [0.2, 0.25) is 0 Å². The van der Waals surface area contributed by atoms with E-state index < -0.39 is 60.2 Å². The lowest BCUT2D eigenvalue weighted by Gasteiger charge is -2.24. The molecular weight excluding hydrogens is 410 g/mol. The van der Waals surface area contributed by atoms with E-state index in [0.29, 0.717) is 19.4 Å². The lowest BCUT2D eigenvalue weighted by molar-refractivity contribution is -0.142. The third kappa shape index (κ3) is 11.3. The Hall–Kier alpha value is -2.73. The fourth-order valence-corrected chi connectivity index (χ4v) is 2.53. The quantitative estimate of drug-likeness (QED) is 0.146. The average Bonchev–Trinajstić information content (AvgIpc) is 2.68. The van der Waals surface area contributed by atoms with E-state index in [2.05, 4.69) is 16.0 Å². The van der Waals surface area contributed by atoms with Crippen LogP contribution in [0, 0.1) is 5.92 Å². The molecular formula is C19H35N5O7. The van der Waals surface area contributed by atoms with E-state index in [1.165, 1.54) is 6.92 Å². The second-order valence-electron chi connectivity index (χ2n) is 7.68. The van der Waals surface area contributed by atoms with E-state index >= 15 is 0 Å². The normalized spacial score (nSPS) is 14.8. The highest BCUT2D eigenvalue weighted by Gasteiger charge is 2.29. The molecule has 12 nitrogen and oxygen atoms in total. The van der Waals surface area contributed by atoms with E-state index in [4.69, 9.17) is 16.6 Å². The number of aliphatic carboxylic acids is 2. The van der Waals surface area contributed by atoms with E-state index in [1.54, 1.807) is 13.8 Å². The number of hydrogen-bond donors (Lipinski definition) is 7. The minimum Gasteiger partial charge on any atom is -0.481 e. The van der Waals surface area contributed by atoms with Gasteiger partial charge in [-0.05, 0) is 45.1 Å². The smallest absolute Gasteiger partial charge is 0.326 e. The molecule has 178 valence electrons. The van der Waals surface area contributed by atoms with Crippen LogP contribution in [0.15, 0.2) is 0 Å². The van der Waals surface area contributed by atoms with Crippen molar-refractivity contribution in [1.29, 1.82) is 0 Å². The Morgan fingerprint density at radius 2 is 1.39 bits per heavy atom. The number of nitrogens with one attached hydrogen (secondary N) is 3. The van der Waals surface area contributed by atoms with Crippen LogP contribution in [0.1, 0.15) is 52.9 Å². The number of amides is 3. The summed E-state index contributed by atoms with van der Waals surface area (Å²) in [5.74, 6) is -4.70. The molecule has 0 aliphatic rings. The first-order valence-electron chi connectivity index (χ1n) is 10.2. The lowest BCUT2D eigenvalue weighted by atomic mass is 10.0. The number of carbonyl (C=O) groups is 5. The van der Waals surface area contributed by atoms with Gasteiger partial charge in [0.05, 0.1) is 6.04 Å². The Morgan fingerprint density at radius 1 is 0.806 bits per heavy atom. The second kappa shape index (κ2) is 14.3. The van der Waals surface area contributed by atoms with Gasteiger partial charge >= 0.3 is 11.9 Å². The Balaban J connectivity index is 5.06. The van der Waals surface area contributed by atoms with Gasteiger partial charge in [0.2, 0.25) is 17.7 Å². The van der Waals surface area contributed by atoms with Crippen molar-refractivity contribution in [3.63, 3.8) is 0 Å². The molecule has 0 aromatic heterocycles. The van der Waals surface area contributed by atoms with Crippen molar-refractivity contribution in [2.45, 2.75) is 77.0 Å². The van der Waals surface area contributed by atoms with Gasteiger partial charge in [-0.3, -0.25) is 19.2 Å². The van der Waals surface area contributed by atoms with E-state index in [-0.39, 0.29) is 18.8 Å². The summed E-state index contributed by atoms with van der Waals surface area (Å²) in [4.78, 5) is 59.3. The molecule has 0 rings (SSSR count). The maximum atomic E-state index is 12.6. The number of carboxylic acids is 2. The molecule has 0 saturated heterocycles. The molecule has 4 unspecified atom stereocenters. The van der Waals surface area contributed by atoms with Crippen molar-refractivity contribution < 1.29 is 34.2 Å². The molecule has 0 saturated carbocycles. The average molecular weight is 446 g/mol.